The van der Waals surface area contributed by atoms with Crippen LogP contribution in [0.3, 0.4) is 0 Å². The highest BCUT2D eigenvalue weighted by Crippen LogP contribution is 2.42. The zero-order chi connectivity index (χ0) is 52.9. The maximum absolute atomic E-state index is 13.1. The summed E-state index contributed by atoms with van der Waals surface area (Å²) in [5, 5.41) is 193. The van der Waals surface area contributed by atoms with Gasteiger partial charge in [0, 0.05) is 12.8 Å². The molecule has 0 aromatic heterocycles. The summed E-state index contributed by atoms with van der Waals surface area (Å²) in [6.45, 7) is 2.69. The van der Waals surface area contributed by atoms with Crippen molar-refractivity contribution >= 4 is 11.9 Å². The summed E-state index contributed by atoms with van der Waals surface area (Å²) in [6.07, 6.45) is -55.8. The molecule has 6 heterocycles. The van der Waals surface area contributed by atoms with Crippen molar-refractivity contribution in [3.05, 3.63) is 0 Å². The fourth-order valence-electron chi connectivity index (χ4n) is 9.23. The number of aliphatic carboxylic acids is 2. The fraction of sp³-hybridized carbons (Fsp3) is 0.950. The van der Waals surface area contributed by atoms with Crippen LogP contribution in [-0.4, -0.2) is 300 Å². The van der Waals surface area contributed by atoms with Crippen LogP contribution in [0, 0.1) is 0 Å². The lowest BCUT2D eigenvalue weighted by Gasteiger charge is -2.51. The molecular weight excluding hydrogens is 976 g/mol. The van der Waals surface area contributed by atoms with Crippen LogP contribution in [0.4, 0.5) is 0 Å². The Labute approximate surface area is 402 Å². The number of aliphatic hydroxyl groups excluding tert-OH is 16. The Bertz CT molecular complexity index is 1770. The largest absolute Gasteiger partial charge is 0.477 e. The van der Waals surface area contributed by atoms with Crippen molar-refractivity contribution in [2.75, 3.05) is 13.2 Å². The van der Waals surface area contributed by atoms with Gasteiger partial charge < -0.3 is 144 Å². The summed E-state index contributed by atoms with van der Waals surface area (Å²) in [4.78, 5) is 25.8. The van der Waals surface area contributed by atoms with Crippen molar-refractivity contribution in [2.24, 2.45) is 0 Å². The molecule has 0 saturated carbocycles. The predicted molar refractivity (Wildman–Crippen MR) is 216 cm³/mol. The topological polar surface area (TPSA) is 500 Å². The Morgan fingerprint density at radius 2 is 0.845 bits per heavy atom. The molecule has 6 saturated heterocycles. The van der Waals surface area contributed by atoms with Crippen LogP contribution in [0.5, 0.6) is 0 Å². The van der Waals surface area contributed by atoms with Gasteiger partial charge in [0.25, 0.3) is 11.6 Å². The van der Waals surface area contributed by atoms with Gasteiger partial charge >= 0.3 is 11.9 Å². The van der Waals surface area contributed by atoms with E-state index in [-0.39, 0.29) is 0 Å². The molecule has 0 aromatic carbocycles. The first-order valence-electron chi connectivity index (χ1n) is 22.6. The Kier molecular flexibility index (Phi) is 18.8. The summed E-state index contributed by atoms with van der Waals surface area (Å²) in [5.41, 5.74) is 0. The second kappa shape index (κ2) is 23.0. The number of carboxylic acids is 2. The predicted octanol–water partition coefficient (Wildman–Crippen LogP) is -10.3. The van der Waals surface area contributed by atoms with Crippen molar-refractivity contribution in [1.29, 1.82) is 0 Å². The number of aliphatic hydroxyl groups is 16. The SMILES string of the molecule is C[C@@H]1O[C@@H](O[C@H]2[C@@H]([C@H](O)CO)O[C@](O[C@@H]3[C@@H](O)[C@H](C)O[C@@H](O[C@H]4C(O)O[C@@H](C)[C@H](O)[C@H]4O)[C@@H]3O)(C(=O)O)C[C@H]2O)[C@H](O[C@@H]2O[C@@H](C)[C@H](O)[C@@H](O[C@@]3(C(=O)O)C[C@@H](O)[C@@H](O)[C@@H]([C@H](O)CO)O3)[C@H]2O)[C@H](O)[C@H]1O. The molecule has 0 amide bonds. The van der Waals surface area contributed by atoms with Gasteiger partial charge in [0.15, 0.2) is 25.2 Å². The third kappa shape index (κ3) is 11.5. The van der Waals surface area contributed by atoms with E-state index in [0.29, 0.717) is 0 Å². The van der Waals surface area contributed by atoms with Gasteiger partial charge in [-0.2, -0.15) is 0 Å². The Morgan fingerprint density at radius 1 is 0.465 bits per heavy atom. The molecule has 18 N–H and O–H groups in total. The minimum Gasteiger partial charge on any atom is -0.477 e. The van der Waals surface area contributed by atoms with E-state index in [1.165, 1.54) is 27.7 Å². The van der Waals surface area contributed by atoms with Crippen LogP contribution in [0.25, 0.3) is 0 Å². The smallest absolute Gasteiger partial charge is 0.364 e. The van der Waals surface area contributed by atoms with E-state index >= 15 is 0 Å². The van der Waals surface area contributed by atoms with Crippen LogP contribution in [0.2, 0.25) is 0 Å². The molecule has 30 atom stereocenters. The van der Waals surface area contributed by atoms with Gasteiger partial charge in [0.05, 0.1) is 49.8 Å². The van der Waals surface area contributed by atoms with Gasteiger partial charge in [-0.05, 0) is 27.7 Å². The Balaban J connectivity index is 1.24. The zero-order valence-corrected chi connectivity index (χ0v) is 38.4. The van der Waals surface area contributed by atoms with Crippen LogP contribution in [0.15, 0.2) is 0 Å². The molecule has 1 unspecified atom stereocenters. The third-order valence-corrected chi connectivity index (χ3v) is 13.5. The average molecular weight is 1040 g/mol. The van der Waals surface area contributed by atoms with Crippen LogP contribution in [-0.2, 0) is 61.7 Å². The number of hydrogen-bond donors (Lipinski definition) is 18. The Hall–Kier alpha value is -2.14. The average Bonchev–Trinajstić information content (AvgIpc) is 3.31. The number of ether oxygens (including phenoxy) is 11. The minimum atomic E-state index is -3.16. The standard InChI is InChI=1S/C40H66O31/c1-9-17(47)22(52)31(33(56)61-9)66-34-24(54)29(19(49)11(3)62-34)71-40(38(59)60)6-14(44)27(28(69-40)16(46)8-42)65-36-32(23(53)18(48)10(2)64-36)67-35-25(55)30(20(50)12(4)63-35)70-39(37(57)58)5-13(43)21(51)26(68-39)15(45)7-41/h9-36,41-56H,5-8H2,1-4H3,(H,57,58)(H,59,60)/t9-,10-,11-,12-,13+,14+,15+,16+,17-,18-,19-,20-,21+,22+,23+,24+,25+,26+,27+,28+,29+,30+,31+,32+,33?,34-,35-,36-,39+,40+/m0/s1. The molecule has 0 radical (unpaired) electrons. The molecule has 0 aliphatic carbocycles. The minimum absolute atomic E-state index is 1.06. The molecule has 0 spiro atoms. The number of carboxylic acid groups (broad SMARTS) is 2. The molecule has 71 heavy (non-hydrogen) atoms. The number of hydrogen-bond acceptors (Lipinski definition) is 29. The van der Waals surface area contributed by atoms with Crippen molar-refractivity contribution < 1.29 is 154 Å². The van der Waals surface area contributed by atoms with Gasteiger partial charge in [-0.15, -0.1) is 0 Å². The van der Waals surface area contributed by atoms with Gasteiger partial charge in [-0.25, -0.2) is 9.59 Å². The van der Waals surface area contributed by atoms with Crippen molar-refractivity contribution in [3.63, 3.8) is 0 Å². The second-order valence-electron chi connectivity index (χ2n) is 18.6. The Morgan fingerprint density at radius 3 is 1.32 bits per heavy atom. The van der Waals surface area contributed by atoms with Gasteiger partial charge in [-0.1, -0.05) is 0 Å². The summed E-state index contributed by atoms with van der Waals surface area (Å²) in [5.74, 6) is -10.2. The van der Waals surface area contributed by atoms with Gasteiger partial charge in [0.2, 0.25) is 0 Å². The van der Waals surface area contributed by atoms with Gasteiger partial charge in [-0.3, -0.25) is 0 Å². The van der Waals surface area contributed by atoms with E-state index in [1.807, 2.05) is 0 Å². The lowest BCUT2D eigenvalue weighted by molar-refractivity contribution is -0.407. The van der Waals surface area contributed by atoms with Crippen molar-refractivity contribution in [2.45, 2.75) is 224 Å². The quantitative estimate of drug-likeness (QED) is 0.0682. The lowest BCUT2D eigenvalue weighted by atomic mass is 9.91. The molecular formula is C40H66O31. The number of carbonyl (C=O) groups is 2. The summed E-state index contributed by atoms with van der Waals surface area (Å²) in [7, 11) is 0. The first-order valence-corrected chi connectivity index (χ1v) is 22.6. The summed E-state index contributed by atoms with van der Waals surface area (Å²) < 4.78 is 62.0. The zero-order valence-electron chi connectivity index (χ0n) is 38.4. The molecule has 6 rings (SSSR count). The molecule has 31 heteroatoms. The molecule has 412 valence electrons. The monoisotopic (exact) mass is 1040 g/mol. The van der Waals surface area contributed by atoms with E-state index in [4.69, 9.17) is 52.1 Å². The highest BCUT2D eigenvalue weighted by Gasteiger charge is 2.62. The molecule has 6 aliphatic heterocycles. The maximum Gasteiger partial charge on any atom is 0.364 e. The van der Waals surface area contributed by atoms with E-state index in [2.05, 4.69) is 0 Å². The highest BCUT2D eigenvalue weighted by atomic mass is 16.8. The van der Waals surface area contributed by atoms with Crippen molar-refractivity contribution in [3.8, 4) is 0 Å². The summed E-state index contributed by atoms with van der Waals surface area (Å²) in [6, 6.07) is 0. The van der Waals surface area contributed by atoms with E-state index < -0.39 is 221 Å². The highest BCUT2D eigenvalue weighted by molar-refractivity contribution is 5.76. The molecule has 6 aliphatic rings. The molecule has 6 fully saturated rings. The third-order valence-electron chi connectivity index (χ3n) is 13.5. The summed E-state index contributed by atoms with van der Waals surface area (Å²) >= 11 is 0. The lowest BCUT2D eigenvalue weighted by Crippen LogP contribution is -2.69. The molecule has 0 aromatic rings. The first kappa shape index (κ1) is 58.1. The normalized spacial score (nSPS) is 51.8. The maximum atomic E-state index is 13.1. The van der Waals surface area contributed by atoms with E-state index in [0.717, 1.165) is 0 Å². The van der Waals surface area contributed by atoms with Crippen molar-refractivity contribution in [1.82, 2.24) is 0 Å². The van der Waals surface area contributed by atoms with Crippen LogP contribution >= 0.6 is 0 Å². The first-order chi connectivity index (χ1) is 33.1. The fourth-order valence-corrected chi connectivity index (χ4v) is 9.23. The molecule has 0 bridgehead atoms. The second-order valence-corrected chi connectivity index (χ2v) is 18.6. The van der Waals surface area contributed by atoms with E-state index in [9.17, 15) is 102 Å². The van der Waals surface area contributed by atoms with Crippen LogP contribution < -0.4 is 0 Å². The van der Waals surface area contributed by atoms with Crippen LogP contribution in [0.1, 0.15) is 40.5 Å². The van der Waals surface area contributed by atoms with E-state index in [1.54, 1.807) is 0 Å². The molecule has 31 nitrogen and oxygen atoms in total. The van der Waals surface area contributed by atoms with Gasteiger partial charge in [0.1, 0.15) is 110 Å². The number of rotatable bonds is 16.